The van der Waals surface area contributed by atoms with Gasteiger partial charge in [0.2, 0.25) is 5.95 Å². The number of aromatic nitrogens is 1. The van der Waals surface area contributed by atoms with Crippen LogP contribution in [-0.2, 0) is 16.0 Å². The summed E-state index contributed by atoms with van der Waals surface area (Å²) in [6, 6.07) is 1.08. The molecule has 0 amide bonds. The Morgan fingerprint density at radius 1 is 1.71 bits per heavy atom. The number of nitrogen functional groups attached to an aromatic ring is 1. The molecule has 4 nitrogen and oxygen atoms in total. The zero-order valence-corrected chi connectivity index (χ0v) is 7.79. The van der Waals surface area contributed by atoms with Gasteiger partial charge < -0.3 is 10.5 Å². The van der Waals surface area contributed by atoms with Crippen molar-refractivity contribution in [1.29, 1.82) is 0 Å². The van der Waals surface area contributed by atoms with Gasteiger partial charge in [0.25, 0.3) is 0 Å². The molecule has 0 fully saturated rings. The fourth-order valence-corrected chi connectivity index (χ4v) is 0.988. The molecular weight excluding hydrogens is 187 g/mol. The first-order valence-electron chi connectivity index (χ1n) is 4.19. The second-order valence-corrected chi connectivity index (χ2v) is 2.69. The van der Waals surface area contributed by atoms with Crippen molar-refractivity contribution < 1.29 is 13.9 Å². The number of hydrogen-bond acceptors (Lipinski definition) is 4. The van der Waals surface area contributed by atoms with E-state index in [4.69, 9.17) is 10.5 Å². The third-order valence-electron chi connectivity index (χ3n) is 1.63. The zero-order chi connectivity index (χ0) is 10.6. The van der Waals surface area contributed by atoms with E-state index in [0.717, 1.165) is 6.07 Å². The maximum Gasteiger partial charge on any atom is 0.310 e. The van der Waals surface area contributed by atoms with Crippen molar-refractivity contribution in [3.05, 3.63) is 23.8 Å². The number of carbonyl (C=O) groups is 1. The van der Waals surface area contributed by atoms with E-state index in [2.05, 4.69) is 4.98 Å². The summed E-state index contributed by atoms with van der Waals surface area (Å²) in [5.74, 6) is -1.05. The van der Waals surface area contributed by atoms with Crippen LogP contribution in [0.3, 0.4) is 0 Å². The van der Waals surface area contributed by atoms with E-state index < -0.39 is 11.9 Å². The van der Waals surface area contributed by atoms with Gasteiger partial charge in [-0.25, -0.2) is 4.98 Å². The number of nitrogens with two attached hydrogens (primary N) is 1. The van der Waals surface area contributed by atoms with E-state index in [0.29, 0.717) is 12.2 Å². The molecule has 0 spiro atoms. The highest BCUT2D eigenvalue weighted by Gasteiger charge is 2.08. The van der Waals surface area contributed by atoms with E-state index in [-0.39, 0.29) is 12.1 Å². The predicted octanol–water partition coefficient (Wildman–Crippen LogP) is 0.909. The Morgan fingerprint density at radius 2 is 2.43 bits per heavy atom. The number of carbonyl (C=O) groups excluding carboxylic acids is 1. The fourth-order valence-electron chi connectivity index (χ4n) is 0.988. The fraction of sp³-hybridized carbons (Fsp3) is 0.333. The molecule has 1 aromatic heterocycles. The van der Waals surface area contributed by atoms with Gasteiger partial charge in [-0.05, 0) is 6.92 Å². The van der Waals surface area contributed by atoms with Crippen molar-refractivity contribution in [2.45, 2.75) is 13.3 Å². The van der Waals surface area contributed by atoms with Gasteiger partial charge in [-0.2, -0.15) is 4.39 Å². The minimum atomic E-state index is -0.657. The monoisotopic (exact) mass is 198 g/mol. The number of hydrogen-bond donors (Lipinski definition) is 1. The molecule has 1 aromatic rings. The van der Waals surface area contributed by atoms with Gasteiger partial charge in [-0.15, -0.1) is 0 Å². The molecule has 76 valence electrons. The number of halogens is 1. The maximum absolute atomic E-state index is 12.5. The van der Waals surface area contributed by atoms with E-state index in [1.165, 1.54) is 6.20 Å². The third-order valence-corrected chi connectivity index (χ3v) is 1.63. The summed E-state index contributed by atoms with van der Waals surface area (Å²) in [6.07, 6.45) is 1.26. The average Bonchev–Trinajstić information content (AvgIpc) is 2.10. The Morgan fingerprint density at radius 3 is 3.00 bits per heavy atom. The highest BCUT2D eigenvalue weighted by molar-refractivity contribution is 5.74. The summed E-state index contributed by atoms with van der Waals surface area (Å²) in [7, 11) is 0. The molecule has 0 aliphatic heterocycles. The molecule has 0 saturated heterocycles. The molecule has 0 atom stereocenters. The Kier molecular flexibility index (Phi) is 3.39. The molecule has 0 unspecified atom stereocenters. The topological polar surface area (TPSA) is 65.2 Å². The first kappa shape index (κ1) is 10.4. The highest BCUT2D eigenvalue weighted by atomic mass is 19.1. The molecule has 2 N–H and O–H groups in total. The van der Waals surface area contributed by atoms with Crippen molar-refractivity contribution in [2.75, 3.05) is 12.3 Å². The number of rotatable bonds is 3. The Bertz CT molecular complexity index is 342. The molecule has 5 heteroatoms. The van der Waals surface area contributed by atoms with Gasteiger partial charge in [-0.1, -0.05) is 0 Å². The van der Waals surface area contributed by atoms with Crippen LogP contribution in [0.4, 0.5) is 10.1 Å². The minimum Gasteiger partial charge on any atom is -0.466 e. The Labute approximate surface area is 80.9 Å². The molecule has 0 aliphatic rings. The smallest absolute Gasteiger partial charge is 0.310 e. The second kappa shape index (κ2) is 4.55. The number of esters is 1. The largest absolute Gasteiger partial charge is 0.466 e. The lowest BCUT2D eigenvalue weighted by Crippen LogP contribution is -2.09. The van der Waals surface area contributed by atoms with Crippen LogP contribution in [0, 0.1) is 5.95 Å². The van der Waals surface area contributed by atoms with Crippen LogP contribution >= 0.6 is 0 Å². The van der Waals surface area contributed by atoms with Crippen LogP contribution in [0.1, 0.15) is 12.5 Å². The molecular formula is C9H11FN2O2. The summed E-state index contributed by atoms with van der Waals surface area (Å²) < 4.78 is 17.2. The van der Waals surface area contributed by atoms with Crippen LogP contribution in [0.5, 0.6) is 0 Å². The van der Waals surface area contributed by atoms with Crippen LogP contribution < -0.4 is 5.73 Å². The molecule has 0 saturated carbocycles. The average molecular weight is 198 g/mol. The summed E-state index contributed by atoms with van der Waals surface area (Å²) >= 11 is 0. The molecule has 0 radical (unpaired) electrons. The first-order valence-corrected chi connectivity index (χ1v) is 4.19. The lowest BCUT2D eigenvalue weighted by molar-refractivity contribution is -0.142. The van der Waals surface area contributed by atoms with Crippen LogP contribution in [0.15, 0.2) is 12.3 Å². The third kappa shape index (κ3) is 2.69. The molecule has 1 rings (SSSR count). The predicted molar refractivity (Wildman–Crippen MR) is 48.9 cm³/mol. The first-order chi connectivity index (χ1) is 6.63. The van der Waals surface area contributed by atoms with Crippen molar-refractivity contribution in [3.8, 4) is 0 Å². The maximum atomic E-state index is 12.5. The highest BCUT2D eigenvalue weighted by Crippen LogP contribution is 2.11. The number of nitrogens with zero attached hydrogens (tertiary/aromatic N) is 1. The van der Waals surface area contributed by atoms with Gasteiger partial charge in [-0.3, -0.25) is 4.79 Å². The van der Waals surface area contributed by atoms with E-state index in [1.54, 1.807) is 6.92 Å². The molecule has 14 heavy (non-hydrogen) atoms. The molecule has 1 heterocycles. The molecule has 0 aliphatic carbocycles. The number of pyridine rings is 1. The summed E-state index contributed by atoms with van der Waals surface area (Å²) in [4.78, 5) is 14.4. The standard InChI is InChI=1S/C9H11FN2O2/c1-2-14-9(13)3-6-5-12-8(10)4-7(6)11/h4-5H,2-3H2,1H3,(H2,11,12). The quantitative estimate of drug-likeness (QED) is 0.579. The van der Waals surface area contributed by atoms with Crippen LogP contribution in [-0.4, -0.2) is 17.6 Å². The minimum absolute atomic E-state index is 0.0208. The summed E-state index contributed by atoms with van der Waals surface area (Å²) in [5.41, 5.74) is 6.17. The van der Waals surface area contributed by atoms with Crippen molar-refractivity contribution in [2.24, 2.45) is 0 Å². The van der Waals surface area contributed by atoms with E-state index in [9.17, 15) is 9.18 Å². The lowest BCUT2D eigenvalue weighted by atomic mass is 10.2. The normalized spacial score (nSPS) is 9.86. The van der Waals surface area contributed by atoms with Crippen molar-refractivity contribution in [1.82, 2.24) is 4.98 Å². The van der Waals surface area contributed by atoms with Crippen molar-refractivity contribution >= 4 is 11.7 Å². The van der Waals surface area contributed by atoms with E-state index >= 15 is 0 Å². The summed E-state index contributed by atoms with van der Waals surface area (Å²) in [5, 5.41) is 0. The van der Waals surface area contributed by atoms with Gasteiger partial charge in [0, 0.05) is 23.5 Å². The summed E-state index contributed by atoms with van der Waals surface area (Å²) in [6.45, 7) is 2.03. The van der Waals surface area contributed by atoms with Gasteiger partial charge >= 0.3 is 5.97 Å². The number of ether oxygens (including phenoxy) is 1. The van der Waals surface area contributed by atoms with Gasteiger partial charge in [0.15, 0.2) is 0 Å². The van der Waals surface area contributed by atoms with Gasteiger partial charge in [0.1, 0.15) is 0 Å². The van der Waals surface area contributed by atoms with Crippen molar-refractivity contribution in [3.63, 3.8) is 0 Å². The van der Waals surface area contributed by atoms with E-state index in [1.807, 2.05) is 0 Å². The Hall–Kier alpha value is -1.65. The molecule has 0 aromatic carbocycles. The van der Waals surface area contributed by atoms with Crippen LogP contribution in [0.2, 0.25) is 0 Å². The number of anilines is 1. The van der Waals surface area contributed by atoms with Gasteiger partial charge in [0.05, 0.1) is 13.0 Å². The molecule has 0 bridgehead atoms. The lowest BCUT2D eigenvalue weighted by Gasteiger charge is -2.04. The Balaban J connectivity index is 2.72. The zero-order valence-electron chi connectivity index (χ0n) is 7.79. The second-order valence-electron chi connectivity index (χ2n) is 2.69. The SMILES string of the molecule is CCOC(=O)Cc1cnc(F)cc1N. The van der Waals surface area contributed by atoms with Crippen LogP contribution in [0.25, 0.3) is 0 Å².